The Morgan fingerprint density at radius 3 is 2.64 bits per heavy atom. The lowest BCUT2D eigenvalue weighted by molar-refractivity contribution is -0.384. The van der Waals surface area contributed by atoms with E-state index in [2.05, 4.69) is 0 Å². The Morgan fingerprint density at radius 1 is 1.36 bits per heavy atom. The third-order valence-electron chi connectivity index (χ3n) is 3.65. The van der Waals surface area contributed by atoms with Crippen molar-refractivity contribution < 1.29 is 19.2 Å². The van der Waals surface area contributed by atoms with Crippen LogP contribution in [0.1, 0.15) is 30.1 Å². The lowest BCUT2D eigenvalue weighted by Crippen LogP contribution is -2.42. The first kappa shape index (κ1) is 15.9. The van der Waals surface area contributed by atoms with Crippen LogP contribution in [0.2, 0.25) is 0 Å². The molecule has 0 aliphatic carbocycles. The van der Waals surface area contributed by atoms with E-state index in [9.17, 15) is 19.7 Å². The second kappa shape index (κ2) is 7.02. The Labute approximate surface area is 128 Å². The van der Waals surface area contributed by atoms with E-state index in [1.165, 1.54) is 24.3 Å². The quantitative estimate of drug-likeness (QED) is 0.482. The molecular formula is C15H18N2O5. The normalized spacial score (nSPS) is 17.9. The molecule has 1 aliphatic heterocycles. The summed E-state index contributed by atoms with van der Waals surface area (Å²) in [6.07, 6.45) is 1.45. The first-order chi connectivity index (χ1) is 10.5. The van der Waals surface area contributed by atoms with Gasteiger partial charge in [-0.15, -0.1) is 0 Å². The van der Waals surface area contributed by atoms with E-state index in [0.29, 0.717) is 31.7 Å². The van der Waals surface area contributed by atoms with Gasteiger partial charge in [-0.25, -0.2) is 0 Å². The molecule has 0 spiro atoms. The second-order valence-corrected chi connectivity index (χ2v) is 5.15. The van der Waals surface area contributed by atoms with E-state index in [-0.39, 0.29) is 23.5 Å². The fourth-order valence-corrected chi connectivity index (χ4v) is 2.52. The third kappa shape index (κ3) is 3.60. The highest BCUT2D eigenvalue weighted by atomic mass is 16.6. The van der Waals surface area contributed by atoms with Crippen LogP contribution in [0.4, 0.5) is 5.69 Å². The van der Waals surface area contributed by atoms with Crippen LogP contribution in [-0.2, 0) is 9.53 Å². The number of non-ortho nitro benzene ring substituents is 1. The third-order valence-corrected chi connectivity index (χ3v) is 3.65. The number of piperidine rings is 1. The van der Waals surface area contributed by atoms with Crippen molar-refractivity contribution in [1.29, 1.82) is 0 Å². The maximum Gasteiger partial charge on any atom is 0.310 e. The number of likely N-dealkylation sites (tertiary alicyclic amines) is 1. The fraction of sp³-hybridized carbons (Fsp3) is 0.467. The molecule has 1 aliphatic rings. The summed E-state index contributed by atoms with van der Waals surface area (Å²) in [5.41, 5.74) is 0.328. The molecule has 0 bridgehead atoms. The Bertz CT molecular complexity index is 570. The van der Waals surface area contributed by atoms with Crippen molar-refractivity contribution in [2.24, 2.45) is 5.92 Å². The number of hydrogen-bond donors (Lipinski definition) is 0. The first-order valence-corrected chi connectivity index (χ1v) is 7.23. The molecule has 7 heteroatoms. The molecule has 1 saturated heterocycles. The number of carbonyl (C=O) groups excluding carboxylic acids is 2. The Balaban J connectivity index is 2.05. The Morgan fingerprint density at radius 2 is 2.05 bits per heavy atom. The van der Waals surface area contributed by atoms with Gasteiger partial charge in [0.25, 0.3) is 11.6 Å². The van der Waals surface area contributed by atoms with Crippen molar-refractivity contribution in [3.8, 4) is 0 Å². The molecule has 1 amide bonds. The minimum atomic E-state index is -0.508. The minimum Gasteiger partial charge on any atom is -0.466 e. The highest BCUT2D eigenvalue weighted by Crippen LogP contribution is 2.21. The van der Waals surface area contributed by atoms with Gasteiger partial charge in [-0.2, -0.15) is 0 Å². The summed E-state index contributed by atoms with van der Waals surface area (Å²) < 4.78 is 5.01. The predicted octanol–water partition coefficient (Wildman–Crippen LogP) is 2.01. The van der Waals surface area contributed by atoms with Gasteiger partial charge in [-0.1, -0.05) is 0 Å². The number of hydrogen-bond acceptors (Lipinski definition) is 5. The van der Waals surface area contributed by atoms with Crippen LogP contribution >= 0.6 is 0 Å². The lowest BCUT2D eigenvalue weighted by Gasteiger charge is -2.31. The molecule has 0 unspecified atom stereocenters. The summed E-state index contributed by atoms with van der Waals surface area (Å²) in [5, 5.41) is 10.6. The van der Waals surface area contributed by atoms with Crippen molar-refractivity contribution in [3.63, 3.8) is 0 Å². The molecule has 118 valence electrons. The molecule has 1 fully saturated rings. The number of benzene rings is 1. The van der Waals surface area contributed by atoms with Gasteiger partial charge >= 0.3 is 5.97 Å². The van der Waals surface area contributed by atoms with E-state index in [0.717, 1.165) is 6.42 Å². The van der Waals surface area contributed by atoms with Crippen LogP contribution in [0.3, 0.4) is 0 Å². The van der Waals surface area contributed by atoms with Crippen LogP contribution < -0.4 is 0 Å². The smallest absolute Gasteiger partial charge is 0.310 e. The maximum atomic E-state index is 12.4. The average Bonchev–Trinajstić information content (AvgIpc) is 2.54. The zero-order valence-electron chi connectivity index (χ0n) is 12.4. The minimum absolute atomic E-state index is 0.0559. The molecule has 7 nitrogen and oxygen atoms in total. The van der Waals surface area contributed by atoms with E-state index >= 15 is 0 Å². The topological polar surface area (TPSA) is 89.8 Å². The molecule has 1 heterocycles. The summed E-state index contributed by atoms with van der Waals surface area (Å²) in [5.74, 6) is -0.789. The monoisotopic (exact) mass is 306 g/mol. The van der Waals surface area contributed by atoms with E-state index in [1.54, 1.807) is 11.8 Å². The molecule has 0 radical (unpaired) electrons. The van der Waals surface area contributed by atoms with Gasteiger partial charge in [0, 0.05) is 30.8 Å². The van der Waals surface area contributed by atoms with Crippen molar-refractivity contribution in [3.05, 3.63) is 39.9 Å². The SMILES string of the molecule is CCOC(=O)[C@@H]1CCCN(C(=O)c2ccc([N+](=O)[O-])cc2)C1. The summed E-state index contributed by atoms with van der Waals surface area (Å²) >= 11 is 0. The zero-order valence-corrected chi connectivity index (χ0v) is 12.4. The van der Waals surface area contributed by atoms with Gasteiger partial charge in [0.15, 0.2) is 0 Å². The molecule has 1 atom stereocenters. The molecule has 1 aromatic rings. The highest BCUT2D eigenvalue weighted by molar-refractivity contribution is 5.94. The number of rotatable bonds is 4. The lowest BCUT2D eigenvalue weighted by atomic mass is 9.97. The second-order valence-electron chi connectivity index (χ2n) is 5.15. The van der Waals surface area contributed by atoms with Gasteiger partial charge in [0.2, 0.25) is 0 Å². The zero-order chi connectivity index (χ0) is 16.1. The standard InChI is InChI=1S/C15H18N2O5/c1-2-22-15(19)12-4-3-9-16(10-12)14(18)11-5-7-13(8-6-11)17(20)21/h5-8,12H,2-4,9-10H2,1H3/t12-/m1/s1. The largest absolute Gasteiger partial charge is 0.466 e. The number of nitrogens with zero attached hydrogens (tertiary/aromatic N) is 2. The molecule has 0 aromatic heterocycles. The average molecular weight is 306 g/mol. The first-order valence-electron chi connectivity index (χ1n) is 7.23. The van der Waals surface area contributed by atoms with E-state index < -0.39 is 4.92 Å². The molecular weight excluding hydrogens is 288 g/mol. The van der Waals surface area contributed by atoms with Crippen molar-refractivity contribution >= 4 is 17.6 Å². The van der Waals surface area contributed by atoms with E-state index in [1.807, 2.05) is 0 Å². The fourth-order valence-electron chi connectivity index (χ4n) is 2.52. The maximum absolute atomic E-state index is 12.4. The summed E-state index contributed by atoms with van der Waals surface area (Å²) in [6.45, 7) is 2.98. The summed E-state index contributed by atoms with van der Waals surface area (Å²) in [7, 11) is 0. The van der Waals surface area contributed by atoms with Crippen molar-refractivity contribution in [2.45, 2.75) is 19.8 Å². The van der Waals surface area contributed by atoms with Crippen LogP contribution in [0.25, 0.3) is 0 Å². The number of ether oxygens (including phenoxy) is 1. The molecule has 0 saturated carbocycles. The number of carbonyl (C=O) groups is 2. The van der Waals surface area contributed by atoms with Gasteiger partial charge in [-0.3, -0.25) is 19.7 Å². The van der Waals surface area contributed by atoms with Crippen molar-refractivity contribution in [1.82, 2.24) is 4.90 Å². The van der Waals surface area contributed by atoms with Crippen LogP contribution in [0, 0.1) is 16.0 Å². The predicted molar refractivity (Wildman–Crippen MR) is 78.4 cm³/mol. The van der Waals surface area contributed by atoms with Gasteiger partial charge in [0.1, 0.15) is 0 Å². The van der Waals surface area contributed by atoms with Crippen LogP contribution in [0.15, 0.2) is 24.3 Å². The van der Waals surface area contributed by atoms with Crippen LogP contribution in [-0.4, -0.2) is 41.4 Å². The Kier molecular flexibility index (Phi) is 5.08. The van der Waals surface area contributed by atoms with Crippen molar-refractivity contribution in [2.75, 3.05) is 19.7 Å². The van der Waals surface area contributed by atoms with Gasteiger partial charge in [0.05, 0.1) is 17.4 Å². The van der Waals surface area contributed by atoms with E-state index in [4.69, 9.17) is 4.74 Å². The summed E-state index contributed by atoms with van der Waals surface area (Å²) in [6, 6.07) is 5.49. The molecule has 2 rings (SSSR count). The highest BCUT2D eigenvalue weighted by Gasteiger charge is 2.29. The Hall–Kier alpha value is -2.44. The number of esters is 1. The summed E-state index contributed by atoms with van der Waals surface area (Å²) in [4.78, 5) is 35.9. The number of nitro groups is 1. The molecule has 22 heavy (non-hydrogen) atoms. The van der Waals surface area contributed by atoms with Gasteiger partial charge in [-0.05, 0) is 31.9 Å². The number of amides is 1. The molecule has 1 aromatic carbocycles. The van der Waals surface area contributed by atoms with Gasteiger partial charge < -0.3 is 9.64 Å². The van der Waals surface area contributed by atoms with Crippen LogP contribution in [0.5, 0.6) is 0 Å². The number of nitro benzene ring substituents is 1. The molecule has 0 N–H and O–H groups in total.